The van der Waals surface area contributed by atoms with Gasteiger partial charge >= 0.3 is 0 Å². The van der Waals surface area contributed by atoms with Crippen molar-refractivity contribution in [3.63, 3.8) is 0 Å². The lowest BCUT2D eigenvalue weighted by atomic mass is 9.97. The van der Waals surface area contributed by atoms with Crippen LogP contribution < -0.4 is 5.32 Å². The minimum atomic E-state index is -0.489. The summed E-state index contributed by atoms with van der Waals surface area (Å²) in [4.78, 5) is 11.8. The smallest absolute Gasteiger partial charge is 0.227 e. The molecule has 0 spiro atoms. The number of nitrogens with one attached hydrogen (secondary N) is 1. The van der Waals surface area contributed by atoms with Crippen LogP contribution in [0.15, 0.2) is 18.2 Å². The molecular weight excluding hydrogens is 219 g/mol. The highest BCUT2D eigenvalue weighted by molar-refractivity contribution is 5.93. The van der Waals surface area contributed by atoms with Crippen LogP contribution in [0.1, 0.15) is 26.3 Å². The standard InChI is InChI=1S/C13H15FN2O/c1-8(2)9(3)13(17)16-12-5-4-11(14)6-10(12)7-15/h4-6,8-9H,1-3H3,(H,16,17). The second kappa shape index (κ2) is 5.44. The molecule has 0 saturated heterocycles. The van der Waals surface area contributed by atoms with Gasteiger partial charge in [0.15, 0.2) is 0 Å². The van der Waals surface area contributed by atoms with E-state index in [0.717, 1.165) is 6.07 Å². The summed E-state index contributed by atoms with van der Waals surface area (Å²) in [5.74, 6) is -0.604. The molecule has 0 aliphatic rings. The summed E-state index contributed by atoms with van der Waals surface area (Å²) in [5, 5.41) is 11.5. The molecule has 1 unspecified atom stereocenters. The highest BCUT2D eigenvalue weighted by Crippen LogP contribution is 2.18. The number of amides is 1. The first kappa shape index (κ1) is 13.2. The predicted octanol–water partition coefficient (Wildman–Crippen LogP) is 2.93. The SMILES string of the molecule is CC(C)C(C)C(=O)Nc1ccc(F)cc1C#N. The summed E-state index contributed by atoms with van der Waals surface area (Å²) in [5.41, 5.74) is 0.487. The van der Waals surface area contributed by atoms with Crippen LogP contribution in [0.2, 0.25) is 0 Å². The monoisotopic (exact) mass is 234 g/mol. The van der Waals surface area contributed by atoms with Gasteiger partial charge in [0.2, 0.25) is 5.91 Å². The molecule has 0 bridgehead atoms. The maximum absolute atomic E-state index is 12.9. The van der Waals surface area contributed by atoms with E-state index >= 15 is 0 Å². The number of carbonyl (C=O) groups is 1. The van der Waals surface area contributed by atoms with E-state index in [9.17, 15) is 9.18 Å². The van der Waals surface area contributed by atoms with Gasteiger partial charge in [0, 0.05) is 5.92 Å². The van der Waals surface area contributed by atoms with Gasteiger partial charge in [-0.1, -0.05) is 20.8 Å². The number of hydrogen-bond donors (Lipinski definition) is 1. The van der Waals surface area contributed by atoms with E-state index in [2.05, 4.69) is 5.32 Å². The van der Waals surface area contributed by atoms with E-state index in [0.29, 0.717) is 5.69 Å². The Bertz CT molecular complexity index is 463. The number of halogens is 1. The fourth-order valence-corrected chi connectivity index (χ4v) is 1.27. The number of nitrogens with zero attached hydrogens (tertiary/aromatic N) is 1. The van der Waals surface area contributed by atoms with Crippen LogP contribution in [0, 0.1) is 29.0 Å². The molecule has 90 valence electrons. The van der Waals surface area contributed by atoms with Crippen molar-refractivity contribution >= 4 is 11.6 Å². The van der Waals surface area contributed by atoms with Crippen molar-refractivity contribution in [1.82, 2.24) is 0 Å². The molecule has 0 saturated carbocycles. The van der Waals surface area contributed by atoms with Gasteiger partial charge in [0.1, 0.15) is 11.9 Å². The van der Waals surface area contributed by atoms with Crippen molar-refractivity contribution < 1.29 is 9.18 Å². The quantitative estimate of drug-likeness (QED) is 0.874. The number of carbonyl (C=O) groups excluding carboxylic acids is 1. The van der Waals surface area contributed by atoms with E-state index in [1.807, 2.05) is 26.8 Å². The molecule has 0 aliphatic carbocycles. The molecule has 0 heterocycles. The van der Waals surface area contributed by atoms with E-state index in [4.69, 9.17) is 5.26 Å². The largest absolute Gasteiger partial charge is 0.325 e. The van der Waals surface area contributed by atoms with Crippen molar-refractivity contribution in [2.24, 2.45) is 11.8 Å². The highest BCUT2D eigenvalue weighted by Gasteiger charge is 2.17. The molecule has 3 nitrogen and oxygen atoms in total. The lowest BCUT2D eigenvalue weighted by molar-refractivity contribution is -0.120. The van der Waals surface area contributed by atoms with Crippen LogP contribution in [0.5, 0.6) is 0 Å². The Balaban J connectivity index is 2.89. The van der Waals surface area contributed by atoms with Crippen molar-refractivity contribution in [2.75, 3.05) is 5.32 Å². The zero-order chi connectivity index (χ0) is 13.0. The van der Waals surface area contributed by atoms with Gasteiger partial charge in [0.05, 0.1) is 11.3 Å². The molecule has 1 atom stereocenters. The average Bonchev–Trinajstić information content (AvgIpc) is 2.30. The van der Waals surface area contributed by atoms with Crippen LogP contribution in [-0.4, -0.2) is 5.91 Å². The molecule has 17 heavy (non-hydrogen) atoms. The highest BCUT2D eigenvalue weighted by atomic mass is 19.1. The third-order valence-electron chi connectivity index (χ3n) is 2.77. The van der Waals surface area contributed by atoms with Gasteiger partial charge in [0.25, 0.3) is 0 Å². The molecule has 1 rings (SSSR count). The minimum Gasteiger partial charge on any atom is -0.325 e. The van der Waals surface area contributed by atoms with Gasteiger partial charge in [-0.3, -0.25) is 4.79 Å². The summed E-state index contributed by atoms with van der Waals surface area (Å²) < 4.78 is 12.9. The first-order valence-corrected chi connectivity index (χ1v) is 5.46. The van der Waals surface area contributed by atoms with Crippen molar-refractivity contribution in [1.29, 1.82) is 5.26 Å². The van der Waals surface area contributed by atoms with Crippen molar-refractivity contribution in [3.05, 3.63) is 29.6 Å². The van der Waals surface area contributed by atoms with Gasteiger partial charge < -0.3 is 5.32 Å². The summed E-state index contributed by atoms with van der Waals surface area (Å²) in [6.45, 7) is 5.70. The normalized spacial score (nSPS) is 12.0. The predicted molar refractivity (Wildman–Crippen MR) is 63.7 cm³/mol. The Morgan fingerprint density at radius 1 is 1.41 bits per heavy atom. The zero-order valence-corrected chi connectivity index (χ0v) is 10.1. The molecule has 1 amide bonds. The van der Waals surface area contributed by atoms with Gasteiger partial charge in [-0.25, -0.2) is 4.39 Å². The lowest BCUT2D eigenvalue weighted by Crippen LogP contribution is -2.24. The van der Waals surface area contributed by atoms with Gasteiger partial charge in [-0.05, 0) is 24.1 Å². The molecule has 0 aliphatic heterocycles. The first-order chi connectivity index (χ1) is 7.95. The topological polar surface area (TPSA) is 52.9 Å². The number of benzene rings is 1. The van der Waals surface area contributed by atoms with Crippen molar-refractivity contribution in [3.8, 4) is 6.07 Å². The molecule has 1 aromatic carbocycles. The lowest BCUT2D eigenvalue weighted by Gasteiger charge is -2.15. The Labute approximate surface area is 100 Å². The van der Waals surface area contributed by atoms with E-state index < -0.39 is 5.82 Å². The molecular formula is C13H15FN2O. The number of nitriles is 1. The van der Waals surface area contributed by atoms with Crippen LogP contribution in [-0.2, 0) is 4.79 Å². The molecule has 1 N–H and O–H groups in total. The average molecular weight is 234 g/mol. The summed E-state index contributed by atoms with van der Waals surface area (Å²) in [6.07, 6.45) is 0. The second-order valence-electron chi connectivity index (χ2n) is 4.32. The Morgan fingerprint density at radius 3 is 2.59 bits per heavy atom. The van der Waals surface area contributed by atoms with Crippen LogP contribution in [0.3, 0.4) is 0 Å². The van der Waals surface area contributed by atoms with Crippen LogP contribution in [0.4, 0.5) is 10.1 Å². The fourth-order valence-electron chi connectivity index (χ4n) is 1.27. The van der Waals surface area contributed by atoms with E-state index in [1.54, 1.807) is 0 Å². The maximum atomic E-state index is 12.9. The minimum absolute atomic E-state index is 0.134. The molecule has 1 aromatic rings. The third-order valence-corrected chi connectivity index (χ3v) is 2.77. The molecule has 0 aromatic heterocycles. The van der Waals surface area contributed by atoms with Crippen LogP contribution in [0.25, 0.3) is 0 Å². The van der Waals surface area contributed by atoms with E-state index in [-0.39, 0.29) is 23.3 Å². The summed E-state index contributed by atoms with van der Waals surface area (Å²) in [6, 6.07) is 5.58. The fraction of sp³-hybridized carbons (Fsp3) is 0.385. The molecule has 4 heteroatoms. The molecule has 0 fully saturated rings. The van der Waals surface area contributed by atoms with E-state index in [1.165, 1.54) is 12.1 Å². The third kappa shape index (κ3) is 3.28. The number of anilines is 1. The summed E-state index contributed by atoms with van der Waals surface area (Å²) >= 11 is 0. The number of hydrogen-bond acceptors (Lipinski definition) is 2. The number of rotatable bonds is 3. The van der Waals surface area contributed by atoms with Crippen molar-refractivity contribution in [2.45, 2.75) is 20.8 Å². The first-order valence-electron chi connectivity index (χ1n) is 5.46. The second-order valence-corrected chi connectivity index (χ2v) is 4.32. The Kier molecular flexibility index (Phi) is 4.22. The zero-order valence-electron chi connectivity index (χ0n) is 10.1. The van der Waals surface area contributed by atoms with Gasteiger partial charge in [-0.15, -0.1) is 0 Å². The Hall–Kier alpha value is -1.89. The van der Waals surface area contributed by atoms with Crippen LogP contribution >= 0.6 is 0 Å². The van der Waals surface area contributed by atoms with Gasteiger partial charge in [-0.2, -0.15) is 5.26 Å². The maximum Gasteiger partial charge on any atom is 0.227 e. The Morgan fingerprint density at radius 2 is 2.06 bits per heavy atom. The summed E-state index contributed by atoms with van der Waals surface area (Å²) in [7, 11) is 0. The molecule has 0 radical (unpaired) electrons.